The maximum atomic E-state index is 12.8. The second-order valence-electron chi connectivity index (χ2n) is 5.43. The Hall–Kier alpha value is -1.94. The minimum Gasteiger partial charge on any atom is -0.487 e. The summed E-state index contributed by atoms with van der Waals surface area (Å²) >= 11 is 0. The standard InChI is InChI=1S/C17H21FN2O/c1-13(2)9-19-10-16-7-8-17(11-20-16)21-12-14-3-5-15(18)6-4-14/h3-8,11,13,19H,9-10,12H2,1-2H3. The molecule has 112 valence electrons. The highest BCUT2D eigenvalue weighted by molar-refractivity contribution is 5.21. The summed E-state index contributed by atoms with van der Waals surface area (Å²) in [7, 11) is 0. The second-order valence-corrected chi connectivity index (χ2v) is 5.43. The van der Waals surface area contributed by atoms with Gasteiger partial charge in [0.15, 0.2) is 0 Å². The van der Waals surface area contributed by atoms with Crippen LogP contribution in [0.25, 0.3) is 0 Å². The van der Waals surface area contributed by atoms with Crippen molar-refractivity contribution in [3.05, 3.63) is 59.7 Å². The molecule has 1 aromatic carbocycles. The molecule has 0 aliphatic carbocycles. The molecule has 0 aliphatic heterocycles. The summed E-state index contributed by atoms with van der Waals surface area (Å²) in [6.45, 7) is 6.49. The number of benzene rings is 1. The Morgan fingerprint density at radius 3 is 2.52 bits per heavy atom. The van der Waals surface area contributed by atoms with Gasteiger partial charge in [0.2, 0.25) is 0 Å². The first kappa shape index (κ1) is 15.4. The maximum absolute atomic E-state index is 12.8. The summed E-state index contributed by atoms with van der Waals surface area (Å²) in [5.41, 5.74) is 1.92. The van der Waals surface area contributed by atoms with Crippen molar-refractivity contribution in [2.45, 2.75) is 27.0 Å². The zero-order valence-electron chi connectivity index (χ0n) is 12.5. The van der Waals surface area contributed by atoms with E-state index in [0.717, 1.165) is 24.3 Å². The van der Waals surface area contributed by atoms with E-state index >= 15 is 0 Å². The van der Waals surface area contributed by atoms with E-state index in [2.05, 4.69) is 24.1 Å². The number of halogens is 1. The van der Waals surface area contributed by atoms with Gasteiger partial charge in [-0.2, -0.15) is 0 Å². The normalized spacial score (nSPS) is 10.9. The number of hydrogen-bond acceptors (Lipinski definition) is 3. The van der Waals surface area contributed by atoms with Crippen molar-refractivity contribution in [2.75, 3.05) is 6.54 Å². The topological polar surface area (TPSA) is 34.1 Å². The lowest BCUT2D eigenvalue weighted by molar-refractivity contribution is 0.304. The monoisotopic (exact) mass is 288 g/mol. The molecule has 1 aromatic heterocycles. The number of hydrogen-bond donors (Lipinski definition) is 1. The SMILES string of the molecule is CC(C)CNCc1ccc(OCc2ccc(F)cc2)cn1. The van der Waals surface area contributed by atoms with Crippen molar-refractivity contribution >= 4 is 0 Å². The van der Waals surface area contributed by atoms with E-state index in [4.69, 9.17) is 4.74 Å². The fourth-order valence-electron chi connectivity index (χ4n) is 1.84. The Labute approximate surface area is 125 Å². The molecular weight excluding hydrogens is 267 g/mol. The molecule has 1 heterocycles. The highest BCUT2D eigenvalue weighted by Crippen LogP contribution is 2.12. The number of pyridine rings is 1. The van der Waals surface area contributed by atoms with Gasteiger partial charge in [-0.3, -0.25) is 4.98 Å². The number of nitrogens with zero attached hydrogens (tertiary/aromatic N) is 1. The second kappa shape index (κ2) is 7.74. The zero-order valence-corrected chi connectivity index (χ0v) is 12.5. The summed E-state index contributed by atoms with van der Waals surface area (Å²) in [6, 6.07) is 10.1. The van der Waals surface area contributed by atoms with E-state index in [1.54, 1.807) is 18.3 Å². The quantitative estimate of drug-likeness (QED) is 0.846. The molecule has 0 saturated heterocycles. The Bertz CT molecular complexity index is 538. The van der Waals surface area contributed by atoms with Gasteiger partial charge >= 0.3 is 0 Å². The smallest absolute Gasteiger partial charge is 0.138 e. The lowest BCUT2D eigenvalue weighted by Crippen LogP contribution is -2.19. The Balaban J connectivity index is 1.80. The molecular formula is C17H21FN2O. The van der Waals surface area contributed by atoms with E-state index in [9.17, 15) is 4.39 Å². The molecule has 1 N–H and O–H groups in total. The zero-order chi connectivity index (χ0) is 15.1. The fourth-order valence-corrected chi connectivity index (χ4v) is 1.84. The van der Waals surface area contributed by atoms with Crippen LogP contribution in [0, 0.1) is 11.7 Å². The first-order valence-electron chi connectivity index (χ1n) is 7.16. The van der Waals surface area contributed by atoms with E-state index in [1.165, 1.54) is 12.1 Å². The fraction of sp³-hybridized carbons (Fsp3) is 0.353. The molecule has 0 atom stereocenters. The van der Waals surface area contributed by atoms with Gasteiger partial charge in [0.1, 0.15) is 18.2 Å². The van der Waals surface area contributed by atoms with Crippen LogP contribution in [0.1, 0.15) is 25.1 Å². The van der Waals surface area contributed by atoms with Crippen molar-refractivity contribution in [3.63, 3.8) is 0 Å². The number of rotatable bonds is 7. The van der Waals surface area contributed by atoms with Crippen LogP contribution < -0.4 is 10.1 Å². The van der Waals surface area contributed by atoms with Crippen LogP contribution in [-0.2, 0) is 13.2 Å². The molecule has 0 bridgehead atoms. The van der Waals surface area contributed by atoms with Crippen molar-refractivity contribution < 1.29 is 9.13 Å². The molecule has 0 fully saturated rings. The number of aromatic nitrogens is 1. The lowest BCUT2D eigenvalue weighted by Gasteiger charge is -2.08. The average Bonchev–Trinajstić information content (AvgIpc) is 2.48. The van der Waals surface area contributed by atoms with Crippen molar-refractivity contribution in [3.8, 4) is 5.75 Å². The Morgan fingerprint density at radius 2 is 1.90 bits per heavy atom. The van der Waals surface area contributed by atoms with E-state index in [0.29, 0.717) is 18.3 Å². The minimum atomic E-state index is -0.237. The molecule has 2 aromatic rings. The number of nitrogens with one attached hydrogen (secondary N) is 1. The van der Waals surface area contributed by atoms with Gasteiger partial charge in [-0.1, -0.05) is 26.0 Å². The Kier molecular flexibility index (Phi) is 5.69. The summed E-state index contributed by atoms with van der Waals surface area (Å²) in [5.74, 6) is 1.11. The Morgan fingerprint density at radius 1 is 1.14 bits per heavy atom. The molecule has 0 aliphatic rings. The molecule has 0 spiro atoms. The molecule has 21 heavy (non-hydrogen) atoms. The van der Waals surface area contributed by atoms with Crippen LogP contribution in [0.4, 0.5) is 4.39 Å². The third kappa shape index (κ3) is 5.52. The third-order valence-corrected chi connectivity index (χ3v) is 2.98. The van der Waals surface area contributed by atoms with Crippen molar-refractivity contribution in [1.29, 1.82) is 0 Å². The average molecular weight is 288 g/mol. The molecule has 0 radical (unpaired) electrons. The highest BCUT2D eigenvalue weighted by atomic mass is 19.1. The van der Waals surface area contributed by atoms with Crippen LogP contribution in [0.15, 0.2) is 42.6 Å². The molecule has 2 rings (SSSR count). The van der Waals surface area contributed by atoms with Crippen LogP contribution in [0.5, 0.6) is 5.75 Å². The van der Waals surface area contributed by atoms with E-state index < -0.39 is 0 Å². The van der Waals surface area contributed by atoms with Gasteiger partial charge < -0.3 is 10.1 Å². The molecule has 3 nitrogen and oxygen atoms in total. The molecule has 0 amide bonds. The van der Waals surface area contributed by atoms with Crippen LogP contribution in [0.2, 0.25) is 0 Å². The summed E-state index contributed by atoms with van der Waals surface area (Å²) in [5, 5.41) is 3.34. The highest BCUT2D eigenvalue weighted by Gasteiger charge is 2.00. The van der Waals surface area contributed by atoms with E-state index in [-0.39, 0.29) is 5.82 Å². The number of ether oxygens (including phenoxy) is 1. The summed E-state index contributed by atoms with van der Waals surface area (Å²) in [4.78, 5) is 4.35. The van der Waals surface area contributed by atoms with Gasteiger partial charge in [0.25, 0.3) is 0 Å². The van der Waals surface area contributed by atoms with Gasteiger partial charge in [0, 0.05) is 6.54 Å². The summed E-state index contributed by atoms with van der Waals surface area (Å²) in [6.07, 6.45) is 1.72. The summed E-state index contributed by atoms with van der Waals surface area (Å²) < 4.78 is 18.4. The predicted octanol–water partition coefficient (Wildman–Crippen LogP) is 3.55. The molecule has 4 heteroatoms. The van der Waals surface area contributed by atoms with Gasteiger partial charge in [-0.25, -0.2) is 4.39 Å². The third-order valence-electron chi connectivity index (χ3n) is 2.98. The molecule has 0 unspecified atom stereocenters. The van der Waals surface area contributed by atoms with E-state index in [1.807, 2.05) is 12.1 Å². The van der Waals surface area contributed by atoms with Gasteiger partial charge in [-0.15, -0.1) is 0 Å². The van der Waals surface area contributed by atoms with Gasteiger partial charge in [0.05, 0.1) is 11.9 Å². The molecule has 0 saturated carbocycles. The first-order valence-corrected chi connectivity index (χ1v) is 7.16. The maximum Gasteiger partial charge on any atom is 0.138 e. The van der Waals surface area contributed by atoms with Gasteiger partial charge in [-0.05, 0) is 42.3 Å². The van der Waals surface area contributed by atoms with Crippen LogP contribution >= 0.6 is 0 Å². The van der Waals surface area contributed by atoms with Crippen molar-refractivity contribution in [2.24, 2.45) is 5.92 Å². The lowest BCUT2D eigenvalue weighted by atomic mass is 10.2. The first-order chi connectivity index (χ1) is 10.1. The minimum absolute atomic E-state index is 0.237. The largest absolute Gasteiger partial charge is 0.487 e. The van der Waals surface area contributed by atoms with Crippen molar-refractivity contribution in [1.82, 2.24) is 10.3 Å². The predicted molar refractivity (Wildman–Crippen MR) is 81.5 cm³/mol. The van der Waals surface area contributed by atoms with Crippen LogP contribution in [0.3, 0.4) is 0 Å². The van der Waals surface area contributed by atoms with Crippen LogP contribution in [-0.4, -0.2) is 11.5 Å².